The first kappa shape index (κ1) is 20.1. The number of amides is 2. The van der Waals surface area contributed by atoms with Gasteiger partial charge in [0.25, 0.3) is 11.1 Å². The number of hydrogen-bond donors (Lipinski definition) is 0. The van der Waals surface area contributed by atoms with E-state index in [1.165, 1.54) is 4.90 Å². The molecule has 2 amide bonds. The van der Waals surface area contributed by atoms with Crippen molar-refractivity contribution in [3.05, 3.63) is 74.7 Å². The zero-order chi connectivity index (χ0) is 20.5. The minimum absolute atomic E-state index is 0.206. The number of carbonyl (C=O) groups is 2. The molecule has 0 bridgehead atoms. The Morgan fingerprint density at radius 2 is 1.86 bits per heavy atom. The van der Waals surface area contributed by atoms with Gasteiger partial charge in [0.05, 0.1) is 15.0 Å². The van der Waals surface area contributed by atoms with Gasteiger partial charge in [-0.1, -0.05) is 54.4 Å². The number of nitrogens with zero attached hydrogens (tertiary/aromatic N) is 2. The van der Waals surface area contributed by atoms with Crippen LogP contribution < -0.4 is 0 Å². The van der Waals surface area contributed by atoms with Gasteiger partial charge in [-0.05, 0) is 48.0 Å². The Morgan fingerprint density at radius 1 is 1.07 bits per heavy atom. The number of fused-ring (bicyclic) bond motifs is 1. The molecular weight excluding hydrogens is 427 g/mol. The zero-order valence-corrected chi connectivity index (χ0v) is 18.0. The Kier molecular flexibility index (Phi) is 5.72. The van der Waals surface area contributed by atoms with E-state index in [4.69, 9.17) is 23.2 Å². The van der Waals surface area contributed by atoms with Crippen molar-refractivity contribution in [2.75, 3.05) is 6.54 Å². The molecule has 3 aromatic rings. The summed E-state index contributed by atoms with van der Waals surface area (Å²) in [4.78, 5) is 26.5. The van der Waals surface area contributed by atoms with Crippen LogP contribution in [0.2, 0.25) is 10.0 Å². The fourth-order valence-electron chi connectivity index (χ4n) is 3.41. The van der Waals surface area contributed by atoms with E-state index in [1.807, 2.05) is 55.6 Å². The fraction of sp³-hybridized carbons (Fsp3) is 0.182. The molecule has 1 aromatic heterocycles. The van der Waals surface area contributed by atoms with E-state index in [1.54, 1.807) is 6.07 Å². The highest BCUT2D eigenvalue weighted by Crippen LogP contribution is 2.34. The predicted octanol–water partition coefficient (Wildman–Crippen LogP) is 6.44. The number of rotatable bonds is 5. The highest BCUT2D eigenvalue weighted by molar-refractivity contribution is 8.18. The number of carbonyl (C=O) groups excluding carboxylic acids is 2. The fourth-order valence-corrected chi connectivity index (χ4v) is 4.59. The van der Waals surface area contributed by atoms with Crippen LogP contribution in [0.15, 0.2) is 53.6 Å². The Morgan fingerprint density at radius 3 is 2.62 bits per heavy atom. The first-order chi connectivity index (χ1) is 14.0. The van der Waals surface area contributed by atoms with Gasteiger partial charge in [-0.25, -0.2) is 0 Å². The predicted molar refractivity (Wildman–Crippen MR) is 120 cm³/mol. The third kappa shape index (κ3) is 3.95. The van der Waals surface area contributed by atoms with Gasteiger partial charge >= 0.3 is 0 Å². The molecular formula is C22H18Cl2N2O2S. The molecule has 29 heavy (non-hydrogen) atoms. The van der Waals surface area contributed by atoms with Gasteiger partial charge in [-0.15, -0.1) is 0 Å². The average molecular weight is 445 g/mol. The molecule has 1 aliphatic rings. The quantitative estimate of drug-likeness (QED) is 0.425. The van der Waals surface area contributed by atoms with Gasteiger partial charge in [-0.2, -0.15) is 0 Å². The summed E-state index contributed by atoms with van der Waals surface area (Å²) < 4.78 is 2.11. The second-order valence-electron chi connectivity index (χ2n) is 6.81. The van der Waals surface area contributed by atoms with Crippen molar-refractivity contribution in [2.24, 2.45) is 0 Å². The van der Waals surface area contributed by atoms with E-state index in [9.17, 15) is 9.59 Å². The Bertz CT molecular complexity index is 1150. The molecule has 2 aromatic carbocycles. The van der Waals surface area contributed by atoms with E-state index in [2.05, 4.69) is 4.57 Å². The number of halogens is 2. The Hall–Kier alpha value is -2.21. The van der Waals surface area contributed by atoms with Crippen molar-refractivity contribution in [1.29, 1.82) is 0 Å². The van der Waals surface area contributed by atoms with Gasteiger partial charge in [-0.3, -0.25) is 14.5 Å². The molecule has 148 valence electrons. The molecule has 0 unspecified atom stereocenters. The Balaban J connectivity index is 1.72. The summed E-state index contributed by atoms with van der Waals surface area (Å²) >= 11 is 13.2. The third-order valence-electron chi connectivity index (χ3n) is 4.76. The number of hydrogen-bond acceptors (Lipinski definition) is 3. The SMILES string of the molecule is CCCN1C(=O)S/C(=C/c2cn(Cc3ccc(Cl)c(Cl)c3)c3ccccc23)C1=O. The van der Waals surface area contributed by atoms with E-state index < -0.39 is 0 Å². The summed E-state index contributed by atoms with van der Waals surface area (Å²) in [5.41, 5.74) is 2.97. The lowest BCUT2D eigenvalue weighted by Crippen LogP contribution is -2.28. The van der Waals surface area contributed by atoms with Crippen molar-refractivity contribution < 1.29 is 9.59 Å². The molecule has 1 fully saturated rings. The summed E-state index contributed by atoms with van der Waals surface area (Å²) in [5.74, 6) is -0.219. The van der Waals surface area contributed by atoms with Crippen LogP contribution in [-0.2, 0) is 11.3 Å². The summed E-state index contributed by atoms with van der Waals surface area (Å²) in [6.45, 7) is 3.01. The van der Waals surface area contributed by atoms with Gasteiger partial charge in [0.2, 0.25) is 0 Å². The van der Waals surface area contributed by atoms with Crippen molar-refractivity contribution in [3.8, 4) is 0 Å². The third-order valence-corrected chi connectivity index (χ3v) is 6.41. The van der Waals surface area contributed by atoms with E-state index in [-0.39, 0.29) is 11.1 Å². The number of imide groups is 1. The Labute approximate surface area is 183 Å². The molecule has 1 saturated heterocycles. The average Bonchev–Trinajstić information content (AvgIpc) is 3.18. The minimum atomic E-state index is -0.219. The highest BCUT2D eigenvalue weighted by atomic mass is 35.5. The maximum atomic E-state index is 12.6. The van der Waals surface area contributed by atoms with Crippen LogP contribution in [0.3, 0.4) is 0 Å². The van der Waals surface area contributed by atoms with Gasteiger partial charge in [0, 0.05) is 35.8 Å². The van der Waals surface area contributed by atoms with E-state index >= 15 is 0 Å². The zero-order valence-electron chi connectivity index (χ0n) is 15.7. The molecule has 2 heterocycles. The van der Waals surface area contributed by atoms with Gasteiger partial charge < -0.3 is 4.57 Å². The number of para-hydroxylation sites is 1. The molecule has 7 heteroatoms. The lowest BCUT2D eigenvalue weighted by molar-refractivity contribution is -0.122. The van der Waals surface area contributed by atoms with Crippen LogP contribution >= 0.6 is 35.0 Å². The molecule has 0 atom stereocenters. The maximum absolute atomic E-state index is 12.6. The van der Waals surface area contributed by atoms with Crippen molar-refractivity contribution in [1.82, 2.24) is 9.47 Å². The van der Waals surface area contributed by atoms with Crippen LogP contribution in [-0.4, -0.2) is 27.2 Å². The smallest absolute Gasteiger partial charge is 0.293 e. The molecule has 0 spiro atoms. The summed E-state index contributed by atoms with van der Waals surface area (Å²) in [6.07, 6.45) is 4.56. The molecule has 4 rings (SSSR count). The first-order valence-electron chi connectivity index (χ1n) is 9.25. The number of aromatic nitrogens is 1. The van der Waals surface area contributed by atoms with Crippen LogP contribution in [0, 0.1) is 0 Å². The van der Waals surface area contributed by atoms with Crippen LogP contribution in [0.4, 0.5) is 4.79 Å². The maximum Gasteiger partial charge on any atom is 0.293 e. The van der Waals surface area contributed by atoms with Gasteiger partial charge in [0.1, 0.15) is 0 Å². The van der Waals surface area contributed by atoms with Crippen LogP contribution in [0.1, 0.15) is 24.5 Å². The van der Waals surface area contributed by atoms with Crippen LogP contribution in [0.5, 0.6) is 0 Å². The minimum Gasteiger partial charge on any atom is -0.342 e. The monoisotopic (exact) mass is 444 g/mol. The highest BCUT2D eigenvalue weighted by Gasteiger charge is 2.34. The largest absolute Gasteiger partial charge is 0.342 e. The second kappa shape index (κ2) is 8.27. The molecule has 0 N–H and O–H groups in total. The van der Waals surface area contributed by atoms with E-state index in [0.29, 0.717) is 28.0 Å². The standard InChI is InChI=1S/C22H18Cl2N2O2S/c1-2-9-26-21(27)20(29-22(26)28)11-15-13-25(19-6-4-3-5-16(15)19)12-14-7-8-17(23)18(24)10-14/h3-8,10-11,13H,2,9,12H2,1H3/b20-11+. The van der Waals surface area contributed by atoms with Crippen molar-refractivity contribution in [3.63, 3.8) is 0 Å². The molecule has 0 radical (unpaired) electrons. The normalized spacial score (nSPS) is 15.8. The molecule has 4 nitrogen and oxygen atoms in total. The van der Waals surface area contributed by atoms with Crippen LogP contribution in [0.25, 0.3) is 17.0 Å². The van der Waals surface area contributed by atoms with E-state index in [0.717, 1.165) is 40.2 Å². The molecule has 1 aliphatic heterocycles. The summed E-state index contributed by atoms with van der Waals surface area (Å²) in [5, 5.41) is 1.86. The molecule has 0 saturated carbocycles. The summed E-state index contributed by atoms with van der Waals surface area (Å²) in [7, 11) is 0. The lowest BCUT2D eigenvalue weighted by Gasteiger charge is -2.09. The van der Waals surface area contributed by atoms with Gasteiger partial charge in [0.15, 0.2) is 0 Å². The first-order valence-corrected chi connectivity index (χ1v) is 10.8. The lowest BCUT2D eigenvalue weighted by atomic mass is 10.1. The van der Waals surface area contributed by atoms with Crippen molar-refractivity contribution >= 4 is 63.1 Å². The second-order valence-corrected chi connectivity index (χ2v) is 8.62. The topological polar surface area (TPSA) is 42.3 Å². The molecule has 0 aliphatic carbocycles. The number of benzene rings is 2. The summed E-state index contributed by atoms with van der Waals surface area (Å²) in [6, 6.07) is 13.6. The number of thioether (sulfide) groups is 1. The van der Waals surface area contributed by atoms with Crippen molar-refractivity contribution in [2.45, 2.75) is 19.9 Å².